The molecule has 1 N–H and O–H groups in total. The van der Waals surface area contributed by atoms with Crippen molar-refractivity contribution in [1.82, 2.24) is 25.5 Å². The molecule has 2 aliphatic rings. The molecule has 20 heavy (non-hydrogen) atoms. The van der Waals surface area contributed by atoms with Crippen molar-refractivity contribution in [3.05, 3.63) is 12.2 Å². The fourth-order valence-electron chi connectivity index (χ4n) is 3.15. The van der Waals surface area contributed by atoms with E-state index in [1.807, 2.05) is 7.05 Å². The largest absolute Gasteiger partial charge is 0.340 e. The molecule has 1 saturated heterocycles. The summed E-state index contributed by atoms with van der Waals surface area (Å²) in [5.41, 5.74) is 0. The van der Waals surface area contributed by atoms with Crippen molar-refractivity contribution < 1.29 is 0 Å². The Morgan fingerprint density at radius 2 is 2.10 bits per heavy atom. The molecule has 6 heteroatoms. The standard InChI is InChI=1S/C14H24N6/c1-19-14(16-17-18-19)20-9-7-13(8-10-20)15-11-12-5-3-2-4-6-12/h2-3,12-13,15H,4-11H2,1H3. The van der Waals surface area contributed by atoms with Crippen LogP contribution in [0.2, 0.25) is 0 Å². The van der Waals surface area contributed by atoms with Crippen molar-refractivity contribution in [2.24, 2.45) is 13.0 Å². The lowest BCUT2D eigenvalue weighted by atomic mass is 9.93. The van der Waals surface area contributed by atoms with Crippen LogP contribution in [0.25, 0.3) is 0 Å². The Bertz CT molecular complexity index is 446. The van der Waals surface area contributed by atoms with Crippen molar-refractivity contribution in [2.75, 3.05) is 24.5 Å². The Hall–Kier alpha value is -1.43. The number of hydrogen-bond acceptors (Lipinski definition) is 5. The van der Waals surface area contributed by atoms with E-state index in [4.69, 9.17) is 0 Å². The highest BCUT2D eigenvalue weighted by molar-refractivity contribution is 5.28. The molecule has 0 aromatic carbocycles. The molecule has 1 fully saturated rings. The van der Waals surface area contributed by atoms with Gasteiger partial charge in [-0.3, -0.25) is 0 Å². The van der Waals surface area contributed by atoms with Crippen LogP contribution in [0.15, 0.2) is 12.2 Å². The number of piperidine rings is 1. The highest BCUT2D eigenvalue weighted by Crippen LogP contribution is 2.19. The van der Waals surface area contributed by atoms with Gasteiger partial charge in [0, 0.05) is 26.2 Å². The summed E-state index contributed by atoms with van der Waals surface area (Å²) in [6.45, 7) is 3.24. The first-order chi connectivity index (χ1) is 9.83. The van der Waals surface area contributed by atoms with Gasteiger partial charge in [0.2, 0.25) is 5.95 Å². The Kier molecular flexibility index (Phi) is 4.30. The van der Waals surface area contributed by atoms with Gasteiger partial charge in [-0.05, 0) is 55.0 Å². The smallest absolute Gasteiger partial charge is 0.245 e. The van der Waals surface area contributed by atoms with Gasteiger partial charge in [-0.2, -0.15) is 0 Å². The average molecular weight is 276 g/mol. The average Bonchev–Trinajstić information content (AvgIpc) is 2.93. The van der Waals surface area contributed by atoms with Crippen LogP contribution in [0.3, 0.4) is 0 Å². The highest BCUT2D eigenvalue weighted by atomic mass is 15.6. The second-order valence-electron chi connectivity index (χ2n) is 5.92. The summed E-state index contributed by atoms with van der Waals surface area (Å²) in [4.78, 5) is 2.28. The molecule has 1 aliphatic carbocycles. The first kappa shape index (κ1) is 13.5. The Morgan fingerprint density at radius 1 is 1.25 bits per heavy atom. The summed E-state index contributed by atoms with van der Waals surface area (Å²) < 4.78 is 1.75. The zero-order chi connectivity index (χ0) is 13.8. The summed E-state index contributed by atoms with van der Waals surface area (Å²) >= 11 is 0. The minimum absolute atomic E-state index is 0.651. The van der Waals surface area contributed by atoms with Gasteiger partial charge in [0.15, 0.2) is 0 Å². The minimum atomic E-state index is 0.651. The molecule has 6 nitrogen and oxygen atoms in total. The number of allylic oxidation sites excluding steroid dienone is 2. The molecule has 1 aliphatic heterocycles. The van der Waals surface area contributed by atoms with E-state index in [0.29, 0.717) is 6.04 Å². The number of hydrogen-bond donors (Lipinski definition) is 1. The Morgan fingerprint density at radius 3 is 2.75 bits per heavy atom. The minimum Gasteiger partial charge on any atom is -0.340 e. The van der Waals surface area contributed by atoms with Gasteiger partial charge >= 0.3 is 0 Å². The molecule has 1 unspecified atom stereocenters. The second-order valence-corrected chi connectivity index (χ2v) is 5.92. The van der Waals surface area contributed by atoms with E-state index in [1.165, 1.54) is 38.6 Å². The maximum atomic E-state index is 4.08. The van der Waals surface area contributed by atoms with Gasteiger partial charge in [-0.25, -0.2) is 4.68 Å². The van der Waals surface area contributed by atoms with Gasteiger partial charge < -0.3 is 10.2 Å². The van der Waals surface area contributed by atoms with Gasteiger partial charge in [-0.1, -0.05) is 17.3 Å². The number of aryl methyl sites for hydroxylation is 1. The quantitative estimate of drug-likeness (QED) is 0.835. The maximum absolute atomic E-state index is 4.08. The van der Waals surface area contributed by atoms with Crippen molar-refractivity contribution in [2.45, 2.75) is 38.1 Å². The third-order valence-electron chi connectivity index (χ3n) is 4.45. The molecule has 0 radical (unpaired) electrons. The molecule has 0 saturated carbocycles. The van der Waals surface area contributed by atoms with Gasteiger partial charge in [0.05, 0.1) is 0 Å². The van der Waals surface area contributed by atoms with Crippen LogP contribution in [-0.4, -0.2) is 45.9 Å². The number of rotatable bonds is 4. The fourth-order valence-corrected chi connectivity index (χ4v) is 3.15. The van der Waals surface area contributed by atoms with Crippen molar-refractivity contribution in [1.29, 1.82) is 0 Å². The summed E-state index contributed by atoms with van der Waals surface area (Å²) in [5, 5.41) is 15.4. The summed E-state index contributed by atoms with van der Waals surface area (Å²) in [6.07, 6.45) is 10.8. The number of aromatic nitrogens is 4. The lowest BCUT2D eigenvalue weighted by molar-refractivity contribution is 0.359. The van der Waals surface area contributed by atoms with Gasteiger partial charge in [0.1, 0.15) is 0 Å². The van der Waals surface area contributed by atoms with Crippen LogP contribution in [0, 0.1) is 5.92 Å². The SMILES string of the molecule is Cn1nnnc1N1CCC(NCC2CC=CCC2)CC1. The van der Waals surface area contributed by atoms with Crippen LogP contribution >= 0.6 is 0 Å². The zero-order valence-electron chi connectivity index (χ0n) is 12.2. The van der Waals surface area contributed by atoms with E-state index in [2.05, 4.69) is 37.9 Å². The predicted octanol–water partition coefficient (Wildman–Crippen LogP) is 1.12. The van der Waals surface area contributed by atoms with Crippen molar-refractivity contribution >= 4 is 5.95 Å². The number of anilines is 1. The molecule has 3 rings (SSSR count). The third-order valence-corrected chi connectivity index (χ3v) is 4.45. The van der Waals surface area contributed by atoms with E-state index < -0.39 is 0 Å². The summed E-state index contributed by atoms with van der Waals surface area (Å²) in [5.74, 6) is 1.72. The van der Waals surface area contributed by atoms with Crippen LogP contribution in [0.1, 0.15) is 32.1 Å². The summed E-state index contributed by atoms with van der Waals surface area (Å²) in [6, 6.07) is 0.651. The van der Waals surface area contributed by atoms with Gasteiger partial charge in [0.25, 0.3) is 0 Å². The lowest BCUT2D eigenvalue weighted by Crippen LogP contribution is -2.44. The van der Waals surface area contributed by atoms with Crippen molar-refractivity contribution in [3.8, 4) is 0 Å². The van der Waals surface area contributed by atoms with Crippen LogP contribution in [0.5, 0.6) is 0 Å². The topological polar surface area (TPSA) is 58.9 Å². The monoisotopic (exact) mass is 276 g/mol. The number of nitrogens with zero attached hydrogens (tertiary/aromatic N) is 5. The van der Waals surface area contributed by atoms with E-state index >= 15 is 0 Å². The molecule has 1 aromatic heterocycles. The van der Waals surface area contributed by atoms with Crippen molar-refractivity contribution in [3.63, 3.8) is 0 Å². The van der Waals surface area contributed by atoms with Gasteiger partial charge in [-0.15, -0.1) is 0 Å². The molecule has 1 aromatic rings. The van der Waals surface area contributed by atoms with E-state index in [1.54, 1.807) is 4.68 Å². The molecule has 2 heterocycles. The first-order valence-electron chi connectivity index (χ1n) is 7.68. The molecule has 1 atom stereocenters. The predicted molar refractivity (Wildman–Crippen MR) is 78.5 cm³/mol. The molecule has 0 bridgehead atoms. The molecule has 0 amide bonds. The zero-order valence-corrected chi connectivity index (χ0v) is 12.2. The molecule has 0 spiro atoms. The summed E-state index contributed by atoms with van der Waals surface area (Å²) in [7, 11) is 1.90. The third kappa shape index (κ3) is 3.17. The fraction of sp³-hybridized carbons (Fsp3) is 0.786. The van der Waals surface area contributed by atoms with E-state index in [0.717, 1.165) is 25.0 Å². The Labute approximate surface area is 120 Å². The number of nitrogens with one attached hydrogen (secondary N) is 1. The van der Waals surface area contributed by atoms with Crippen LogP contribution in [-0.2, 0) is 7.05 Å². The molecular formula is C14H24N6. The number of tetrazole rings is 1. The normalized spacial score (nSPS) is 24.2. The van der Waals surface area contributed by atoms with E-state index in [9.17, 15) is 0 Å². The highest BCUT2D eigenvalue weighted by Gasteiger charge is 2.22. The Balaban J connectivity index is 1.42. The molecular weight excluding hydrogens is 252 g/mol. The van der Waals surface area contributed by atoms with Crippen LogP contribution in [0.4, 0.5) is 5.95 Å². The maximum Gasteiger partial charge on any atom is 0.245 e. The van der Waals surface area contributed by atoms with E-state index in [-0.39, 0.29) is 0 Å². The first-order valence-corrected chi connectivity index (χ1v) is 7.68. The second kappa shape index (κ2) is 6.35. The van der Waals surface area contributed by atoms with Crippen LogP contribution < -0.4 is 10.2 Å². The molecule has 110 valence electrons. The lowest BCUT2D eigenvalue weighted by Gasteiger charge is -2.33.